The summed E-state index contributed by atoms with van der Waals surface area (Å²) in [6, 6.07) is 7.07. The molecular formula is C16H14F2O. The van der Waals surface area contributed by atoms with E-state index in [1.54, 1.807) is 32.9 Å². The molecule has 0 amide bonds. The van der Waals surface area contributed by atoms with Crippen LogP contribution in [0.25, 0.3) is 0 Å². The van der Waals surface area contributed by atoms with Crippen molar-refractivity contribution in [3.8, 4) is 0 Å². The molecule has 3 heteroatoms. The van der Waals surface area contributed by atoms with Crippen molar-refractivity contribution in [2.75, 3.05) is 0 Å². The zero-order valence-corrected chi connectivity index (χ0v) is 11.1. The molecule has 0 fully saturated rings. The molecule has 0 aliphatic carbocycles. The molecule has 2 aromatic carbocycles. The highest BCUT2D eigenvalue weighted by Crippen LogP contribution is 2.20. The summed E-state index contributed by atoms with van der Waals surface area (Å²) in [6.45, 7) is 5.13. The van der Waals surface area contributed by atoms with Gasteiger partial charge in [-0.1, -0.05) is 6.07 Å². The van der Waals surface area contributed by atoms with Gasteiger partial charge in [0.25, 0.3) is 0 Å². The van der Waals surface area contributed by atoms with Crippen LogP contribution in [0.15, 0.2) is 30.3 Å². The molecule has 0 saturated carbocycles. The zero-order valence-electron chi connectivity index (χ0n) is 11.1. The van der Waals surface area contributed by atoms with Crippen LogP contribution in [0.4, 0.5) is 8.78 Å². The van der Waals surface area contributed by atoms with Crippen molar-refractivity contribution in [3.63, 3.8) is 0 Å². The van der Waals surface area contributed by atoms with Crippen molar-refractivity contribution in [2.45, 2.75) is 20.8 Å². The van der Waals surface area contributed by atoms with Gasteiger partial charge in [0, 0.05) is 5.56 Å². The molecule has 0 spiro atoms. The number of hydrogen-bond donors (Lipinski definition) is 0. The Kier molecular flexibility index (Phi) is 3.47. The van der Waals surface area contributed by atoms with E-state index in [2.05, 4.69) is 0 Å². The highest BCUT2D eigenvalue weighted by atomic mass is 19.1. The first kappa shape index (κ1) is 13.4. The third-order valence-corrected chi connectivity index (χ3v) is 2.96. The first-order chi connectivity index (χ1) is 8.88. The lowest BCUT2D eigenvalue weighted by atomic mass is 9.96. The van der Waals surface area contributed by atoms with E-state index in [0.29, 0.717) is 11.1 Å². The number of benzene rings is 2. The fourth-order valence-corrected chi connectivity index (χ4v) is 2.22. The minimum Gasteiger partial charge on any atom is -0.288 e. The Morgan fingerprint density at radius 2 is 1.53 bits per heavy atom. The van der Waals surface area contributed by atoms with E-state index in [4.69, 9.17) is 0 Å². The van der Waals surface area contributed by atoms with Crippen molar-refractivity contribution in [2.24, 2.45) is 0 Å². The van der Waals surface area contributed by atoms with Crippen molar-refractivity contribution in [1.82, 2.24) is 0 Å². The Morgan fingerprint density at radius 1 is 0.895 bits per heavy atom. The van der Waals surface area contributed by atoms with Gasteiger partial charge in [0.1, 0.15) is 11.6 Å². The third-order valence-electron chi connectivity index (χ3n) is 2.96. The summed E-state index contributed by atoms with van der Waals surface area (Å²) in [5, 5.41) is 0. The molecule has 0 heterocycles. The van der Waals surface area contributed by atoms with Gasteiger partial charge in [-0.2, -0.15) is 0 Å². The monoisotopic (exact) mass is 260 g/mol. The second-order valence-electron chi connectivity index (χ2n) is 4.79. The maximum absolute atomic E-state index is 13.9. The molecule has 0 bridgehead atoms. The van der Waals surface area contributed by atoms with Gasteiger partial charge in [0.15, 0.2) is 5.78 Å². The van der Waals surface area contributed by atoms with Gasteiger partial charge in [0.2, 0.25) is 0 Å². The molecule has 0 saturated heterocycles. The van der Waals surface area contributed by atoms with Crippen LogP contribution in [0.5, 0.6) is 0 Å². The minimum absolute atomic E-state index is 0.00981. The van der Waals surface area contributed by atoms with Crippen molar-refractivity contribution in [1.29, 1.82) is 0 Å². The number of carbonyl (C=O) groups excluding carboxylic acids is 1. The predicted octanol–water partition coefficient (Wildman–Crippen LogP) is 4.12. The fourth-order valence-electron chi connectivity index (χ4n) is 2.22. The lowest BCUT2D eigenvalue weighted by molar-refractivity contribution is 0.103. The summed E-state index contributed by atoms with van der Waals surface area (Å²) in [6.07, 6.45) is 0. The number of ketones is 1. The van der Waals surface area contributed by atoms with Gasteiger partial charge >= 0.3 is 0 Å². The van der Waals surface area contributed by atoms with E-state index >= 15 is 0 Å². The molecule has 2 aromatic rings. The molecule has 2 rings (SSSR count). The van der Waals surface area contributed by atoms with E-state index in [0.717, 1.165) is 11.6 Å². The van der Waals surface area contributed by atoms with E-state index < -0.39 is 17.4 Å². The van der Waals surface area contributed by atoms with Crippen LogP contribution in [-0.4, -0.2) is 5.78 Å². The molecule has 0 aromatic heterocycles. The molecule has 19 heavy (non-hydrogen) atoms. The molecular weight excluding hydrogens is 246 g/mol. The third kappa shape index (κ3) is 2.70. The topological polar surface area (TPSA) is 17.1 Å². The zero-order chi connectivity index (χ0) is 14.2. The van der Waals surface area contributed by atoms with Crippen LogP contribution < -0.4 is 0 Å². The largest absolute Gasteiger partial charge is 0.288 e. The van der Waals surface area contributed by atoms with Crippen molar-refractivity contribution >= 4 is 5.78 Å². The quantitative estimate of drug-likeness (QED) is 0.742. The number of halogens is 2. The van der Waals surface area contributed by atoms with Crippen LogP contribution in [0.2, 0.25) is 0 Å². The van der Waals surface area contributed by atoms with Crippen molar-refractivity contribution < 1.29 is 13.6 Å². The Bertz CT molecular complexity index is 617. The molecule has 1 nitrogen and oxygen atoms in total. The Morgan fingerprint density at radius 3 is 2.11 bits per heavy atom. The van der Waals surface area contributed by atoms with E-state index in [1.807, 2.05) is 0 Å². The Hall–Kier alpha value is -2.03. The summed E-state index contributed by atoms with van der Waals surface area (Å²) >= 11 is 0. The summed E-state index contributed by atoms with van der Waals surface area (Å²) in [5.74, 6) is -1.55. The average Bonchev–Trinajstić information content (AvgIpc) is 2.25. The highest BCUT2D eigenvalue weighted by Gasteiger charge is 2.18. The molecule has 0 N–H and O–H groups in total. The van der Waals surface area contributed by atoms with Crippen LogP contribution in [0.3, 0.4) is 0 Å². The number of aryl methyl sites for hydroxylation is 3. The summed E-state index contributed by atoms with van der Waals surface area (Å²) in [4.78, 5) is 12.3. The van der Waals surface area contributed by atoms with Gasteiger partial charge in [-0.15, -0.1) is 0 Å². The summed E-state index contributed by atoms with van der Waals surface area (Å²) in [5.41, 5.74) is 2.12. The highest BCUT2D eigenvalue weighted by molar-refractivity contribution is 6.10. The second kappa shape index (κ2) is 4.92. The standard InChI is InChI=1S/C16H14F2O/c1-9-4-11(3)15(14(18)7-9)16(19)12-5-10(2)6-13(17)8-12/h4-8H,1-3H3. The number of rotatable bonds is 2. The Labute approximate surface area is 110 Å². The van der Waals surface area contributed by atoms with E-state index in [-0.39, 0.29) is 11.1 Å². The number of carbonyl (C=O) groups is 1. The van der Waals surface area contributed by atoms with E-state index in [9.17, 15) is 13.6 Å². The average molecular weight is 260 g/mol. The first-order valence-electron chi connectivity index (χ1n) is 5.97. The lowest BCUT2D eigenvalue weighted by Gasteiger charge is -2.09. The van der Waals surface area contributed by atoms with Crippen LogP contribution in [-0.2, 0) is 0 Å². The summed E-state index contributed by atoms with van der Waals surface area (Å²) < 4.78 is 27.3. The van der Waals surface area contributed by atoms with Crippen molar-refractivity contribution in [3.05, 3.63) is 69.8 Å². The summed E-state index contributed by atoms with van der Waals surface area (Å²) in [7, 11) is 0. The number of hydrogen-bond acceptors (Lipinski definition) is 1. The van der Waals surface area contributed by atoms with E-state index in [1.165, 1.54) is 12.1 Å². The van der Waals surface area contributed by atoms with Crippen LogP contribution in [0, 0.1) is 32.4 Å². The Balaban J connectivity index is 2.56. The normalized spacial score (nSPS) is 10.6. The maximum Gasteiger partial charge on any atom is 0.196 e. The molecule has 0 unspecified atom stereocenters. The molecule has 98 valence electrons. The predicted molar refractivity (Wildman–Crippen MR) is 70.4 cm³/mol. The van der Waals surface area contributed by atoms with Gasteiger partial charge in [-0.05, 0) is 61.7 Å². The second-order valence-corrected chi connectivity index (χ2v) is 4.79. The van der Waals surface area contributed by atoms with Crippen LogP contribution >= 0.6 is 0 Å². The minimum atomic E-state index is -0.565. The lowest BCUT2D eigenvalue weighted by Crippen LogP contribution is -2.08. The maximum atomic E-state index is 13.9. The molecule has 0 radical (unpaired) electrons. The first-order valence-corrected chi connectivity index (χ1v) is 5.97. The van der Waals surface area contributed by atoms with Gasteiger partial charge in [-0.3, -0.25) is 4.79 Å². The molecule has 0 aliphatic rings. The SMILES string of the molecule is Cc1cc(F)cc(C(=O)c2c(C)cc(C)cc2F)c1. The smallest absolute Gasteiger partial charge is 0.196 e. The van der Waals surface area contributed by atoms with Gasteiger partial charge < -0.3 is 0 Å². The van der Waals surface area contributed by atoms with Gasteiger partial charge in [-0.25, -0.2) is 8.78 Å². The molecule has 0 aliphatic heterocycles. The molecule has 0 atom stereocenters. The fraction of sp³-hybridized carbons (Fsp3) is 0.188. The van der Waals surface area contributed by atoms with Gasteiger partial charge in [0.05, 0.1) is 5.56 Å². The van der Waals surface area contributed by atoms with Crippen LogP contribution in [0.1, 0.15) is 32.6 Å².